The number of benzene rings is 1. The largest absolute Gasteiger partial charge is 0.496 e. The Morgan fingerprint density at radius 1 is 1.19 bits per heavy atom. The Balaban J connectivity index is 2.69. The number of hydrogen-bond donors (Lipinski definition) is 0. The SMILES string of the molecule is COC(=O)C=CC=Cc1ccccc1OC. The maximum atomic E-state index is 10.8. The van der Waals surface area contributed by atoms with Crippen LogP contribution in [0.5, 0.6) is 5.75 Å². The molecule has 0 unspecified atom stereocenters. The molecule has 0 bridgehead atoms. The predicted octanol–water partition coefficient (Wildman–Crippen LogP) is 2.44. The van der Waals surface area contributed by atoms with E-state index in [-0.39, 0.29) is 5.97 Å². The third-order valence-electron chi connectivity index (χ3n) is 1.96. The molecule has 0 spiro atoms. The van der Waals surface area contributed by atoms with Gasteiger partial charge in [0.2, 0.25) is 0 Å². The van der Waals surface area contributed by atoms with Gasteiger partial charge in [-0.15, -0.1) is 0 Å². The zero-order valence-corrected chi connectivity index (χ0v) is 9.34. The molecule has 84 valence electrons. The van der Waals surface area contributed by atoms with E-state index in [0.29, 0.717) is 0 Å². The molecule has 3 heteroatoms. The first-order valence-corrected chi connectivity index (χ1v) is 4.83. The van der Waals surface area contributed by atoms with E-state index in [4.69, 9.17) is 4.74 Å². The molecule has 16 heavy (non-hydrogen) atoms. The topological polar surface area (TPSA) is 35.5 Å². The third kappa shape index (κ3) is 3.61. The number of carbonyl (C=O) groups is 1. The van der Waals surface area contributed by atoms with Gasteiger partial charge in [-0.05, 0) is 6.07 Å². The number of carbonyl (C=O) groups excluding carboxylic acids is 1. The number of para-hydroxylation sites is 1. The standard InChI is InChI=1S/C13H14O3/c1-15-12-9-5-3-7-11(12)8-4-6-10-13(14)16-2/h3-10H,1-2H3. The van der Waals surface area contributed by atoms with Crippen LogP contribution >= 0.6 is 0 Å². The summed E-state index contributed by atoms with van der Waals surface area (Å²) in [6.07, 6.45) is 6.59. The van der Waals surface area contributed by atoms with Crippen LogP contribution in [0.2, 0.25) is 0 Å². The Hall–Kier alpha value is -2.03. The Morgan fingerprint density at radius 2 is 1.94 bits per heavy atom. The summed E-state index contributed by atoms with van der Waals surface area (Å²) < 4.78 is 9.64. The van der Waals surface area contributed by atoms with Crippen molar-refractivity contribution in [1.29, 1.82) is 0 Å². The molecule has 0 atom stereocenters. The fourth-order valence-corrected chi connectivity index (χ4v) is 1.17. The maximum absolute atomic E-state index is 10.8. The van der Waals surface area contributed by atoms with Crippen molar-refractivity contribution in [2.45, 2.75) is 0 Å². The molecule has 0 heterocycles. The van der Waals surface area contributed by atoms with E-state index in [1.54, 1.807) is 19.3 Å². The second-order valence-electron chi connectivity index (χ2n) is 2.98. The number of allylic oxidation sites excluding steroid dienone is 2. The van der Waals surface area contributed by atoms with Crippen LogP contribution in [-0.4, -0.2) is 20.2 Å². The minimum absolute atomic E-state index is 0.371. The van der Waals surface area contributed by atoms with Gasteiger partial charge in [0.15, 0.2) is 0 Å². The molecular formula is C13H14O3. The molecule has 0 amide bonds. The summed E-state index contributed by atoms with van der Waals surface area (Å²) >= 11 is 0. The van der Waals surface area contributed by atoms with Crippen LogP contribution in [0.3, 0.4) is 0 Å². The molecule has 0 aliphatic carbocycles. The highest BCUT2D eigenvalue weighted by atomic mass is 16.5. The fourth-order valence-electron chi connectivity index (χ4n) is 1.17. The Kier molecular flexibility index (Phi) is 4.86. The predicted molar refractivity (Wildman–Crippen MR) is 63.2 cm³/mol. The number of methoxy groups -OCH3 is 2. The molecular weight excluding hydrogens is 204 g/mol. The van der Waals surface area contributed by atoms with E-state index < -0.39 is 0 Å². The van der Waals surface area contributed by atoms with Gasteiger partial charge in [0.1, 0.15) is 5.75 Å². The Bertz CT molecular complexity index is 405. The zero-order chi connectivity index (χ0) is 11.8. The average molecular weight is 218 g/mol. The second-order valence-corrected chi connectivity index (χ2v) is 2.98. The van der Waals surface area contributed by atoms with Crippen LogP contribution in [-0.2, 0) is 9.53 Å². The number of rotatable bonds is 4. The summed E-state index contributed by atoms with van der Waals surface area (Å²) in [5, 5.41) is 0. The minimum atomic E-state index is -0.371. The van der Waals surface area contributed by atoms with E-state index in [9.17, 15) is 4.79 Å². The molecule has 3 nitrogen and oxygen atoms in total. The average Bonchev–Trinajstić information content (AvgIpc) is 2.34. The molecule has 0 saturated heterocycles. The number of hydrogen-bond acceptors (Lipinski definition) is 3. The zero-order valence-electron chi connectivity index (χ0n) is 9.34. The number of ether oxygens (including phenoxy) is 2. The van der Waals surface area contributed by atoms with Crippen molar-refractivity contribution in [3.05, 3.63) is 48.1 Å². The lowest BCUT2D eigenvalue weighted by Gasteiger charge is -2.02. The minimum Gasteiger partial charge on any atom is -0.496 e. The molecule has 1 aromatic carbocycles. The van der Waals surface area contributed by atoms with Crippen LogP contribution < -0.4 is 4.74 Å². The van der Waals surface area contributed by atoms with Crippen LogP contribution in [0.1, 0.15) is 5.56 Å². The molecule has 0 saturated carbocycles. The molecule has 1 rings (SSSR count). The molecule has 0 aliphatic heterocycles. The van der Waals surface area contributed by atoms with Crippen molar-refractivity contribution < 1.29 is 14.3 Å². The van der Waals surface area contributed by atoms with Crippen LogP contribution in [0.25, 0.3) is 6.08 Å². The first kappa shape index (κ1) is 12.0. The lowest BCUT2D eigenvalue weighted by atomic mass is 10.2. The van der Waals surface area contributed by atoms with Crippen molar-refractivity contribution >= 4 is 12.0 Å². The van der Waals surface area contributed by atoms with Gasteiger partial charge in [-0.25, -0.2) is 4.79 Å². The van der Waals surface area contributed by atoms with Crippen molar-refractivity contribution in [2.75, 3.05) is 14.2 Å². The van der Waals surface area contributed by atoms with Crippen LogP contribution in [0, 0.1) is 0 Å². The molecule has 0 aromatic heterocycles. The van der Waals surface area contributed by atoms with Gasteiger partial charge >= 0.3 is 5.97 Å². The van der Waals surface area contributed by atoms with E-state index in [1.807, 2.05) is 30.3 Å². The molecule has 0 fully saturated rings. The smallest absolute Gasteiger partial charge is 0.330 e. The van der Waals surface area contributed by atoms with E-state index >= 15 is 0 Å². The fraction of sp³-hybridized carbons (Fsp3) is 0.154. The van der Waals surface area contributed by atoms with Gasteiger partial charge in [0, 0.05) is 11.6 Å². The van der Waals surface area contributed by atoms with Gasteiger partial charge in [0.05, 0.1) is 14.2 Å². The summed E-state index contributed by atoms with van der Waals surface area (Å²) in [7, 11) is 2.97. The van der Waals surface area contributed by atoms with Gasteiger partial charge in [-0.1, -0.05) is 36.4 Å². The van der Waals surface area contributed by atoms with Gasteiger partial charge in [-0.3, -0.25) is 0 Å². The first-order valence-electron chi connectivity index (χ1n) is 4.83. The highest BCUT2D eigenvalue weighted by Gasteiger charge is 1.95. The molecule has 0 N–H and O–H groups in total. The molecule has 1 aromatic rings. The van der Waals surface area contributed by atoms with Crippen molar-refractivity contribution in [1.82, 2.24) is 0 Å². The molecule has 0 radical (unpaired) electrons. The van der Waals surface area contributed by atoms with Gasteiger partial charge < -0.3 is 9.47 Å². The third-order valence-corrected chi connectivity index (χ3v) is 1.96. The van der Waals surface area contributed by atoms with E-state index in [0.717, 1.165) is 11.3 Å². The van der Waals surface area contributed by atoms with Gasteiger partial charge in [0.25, 0.3) is 0 Å². The van der Waals surface area contributed by atoms with Crippen molar-refractivity contribution in [2.24, 2.45) is 0 Å². The first-order chi connectivity index (χ1) is 7.77. The number of esters is 1. The Labute approximate surface area is 95.0 Å². The highest BCUT2D eigenvalue weighted by Crippen LogP contribution is 2.18. The van der Waals surface area contributed by atoms with E-state index in [1.165, 1.54) is 13.2 Å². The quantitative estimate of drug-likeness (QED) is 0.442. The summed E-state index contributed by atoms with van der Waals surface area (Å²) in [5.41, 5.74) is 0.958. The lowest BCUT2D eigenvalue weighted by Crippen LogP contribution is -1.92. The highest BCUT2D eigenvalue weighted by molar-refractivity contribution is 5.82. The van der Waals surface area contributed by atoms with Crippen molar-refractivity contribution in [3.63, 3.8) is 0 Å². The monoisotopic (exact) mass is 218 g/mol. The molecule has 0 aliphatic rings. The van der Waals surface area contributed by atoms with Gasteiger partial charge in [-0.2, -0.15) is 0 Å². The van der Waals surface area contributed by atoms with E-state index in [2.05, 4.69) is 4.74 Å². The second kappa shape index (κ2) is 6.45. The van der Waals surface area contributed by atoms with Crippen LogP contribution in [0.15, 0.2) is 42.5 Å². The summed E-state index contributed by atoms with van der Waals surface area (Å²) in [5.74, 6) is 0.426. The lowest BCUT2D eigenvalue weighted by molar-refractivity contribution is -0.134. The normalized spacial score (nSPS) is 10.9. The Morgan fingerprint density at radius 3 is 2.62 bits per heavy atom. The maximum Gasteiger partial charge on any atom is 0.330 e. The summed E-state index contributed by atoms with van der Waals surface area (Å²) in [6.45, 7) is 0. The van der Waals surface area contributed by atoms with Crippen molar-refractivity contribution in [3.8, 4) is 5.75 Å². The van der Waals surface area contributed by atoms with Crippen LogP contribution in [0.4, 0.5) is 0 Å². The summed E-state index contributed by atoms with van der Waals surface area (Å²) in [4.78, 5) is 10.8. The summed E-state index contributed by atoms with van der Waals surface area (Å²) in [6, 6.07) is 7.64.